The topological polar surface area (TPSA) is 81.1 Å². The van der Waals surface area contributed by atoms with Crippen molar-refractivity contribution >= 4 is 22.6 Å². The molecule has 0 fully saturated rings. The second-order valence-electron chi connectivity index (χ2n) is 3.07. The van der Waals surface area contributed by atoms with Gasteiger partial charge in [0.2, 0.25) is 0 Å². The predicted molar refractivity (Wildman–Crippen MR) is 52.1 cm³/mol. The van der Waals surface area contributed by atoms with Gasteiger partial charge in [0.25, 0.3) is 0 Å². The molecule has 5 heteroatoms. The van der Waals surface area contributed by atoms with Crippen LogP contribution in [0.15, 0.2) is 18.3 Å². The second kappa shape index (κ2) is 2.73. The van der Waals surface area contributed by atoms with Gasteiger partial charge in [-0.1, -0.05) is 0 Å². The van der Waals surface area contributed by atoms with E-state index in [0.29, 0.717) is 0 Å². The maximum absolute atomic E-state index is 10.8. The van der Waals surface area contributed by atoms with Crippen molar-refractivity contribution in [1.29, 1.82) is 0 Å². The molecule has 0 aliphatic heterocycles. The highest BCUT2D eigenvalue weighted by molar-refractivity contribution is 5.99. The first kappa shape index (κ1) is 8.55. The average molecular weight is 191 g/mol. The quantitative estimate of drug-likeness (QED) is 0.655. The molecule has 0 saturated heterocycles. The summed E-state index contributed by atoms with van der Waals surface area (Å²) < 4.78 is 1.65. The molecule has 0 spiro atoms. The zero-order chi connectivity index (χ0) is 10.3. The monoisotopic (exact) mass is 191 g/mol. The molecule has 1 aromatic heterocycles. The van der Waals surface area contributed by atoms with E-state index in [1.54, 1.807) is 24.0 Å². The number of nitrogens with zero attached hydrogens (tertiary/aromatic N) is 2. The number of benzene rings is 1. The Balaban J connectivity index is 2.79. The molecule has 1 aromatic carbocycles. The van der Waals surface area contributed by atoms with Crippen LogP contribution in [0, 0.1) is 0 Å². The number of nitrogen functional groups attached to an aromatic ring is 1. The minimum atomic E-state index is -1.02. The van der Waals surface area contributed by atoms with Crippen LogP contribution in [-0.4, -0.2) is 20.9 Å². The van der Waals surface area contributed by atoms with Crippen LogP contribution in [-0.2, 0) is 7.05 Å². The van der Waals surface area contributed by atoms with Crippen molar-refractivity contribution in [3.63, 3.8) is 0 Å². The predicted octanol–water partition coefficient (Wildman–Crippen LogP) is 0.854. The first-order valence-electron chi connectivity index (χ1n) is 4.04. The maximum atomic E-state index is 10.8. The molecule has 72 valence electrons. The Bertz CT molecular complexity index is 516. The van der Waals surface area contributed by atoms with Gasteiger partial charge in [0, 0.05) is 18.1 Å². The highest BCUT2D eigenvalue weighted by Crippen LogP contribution is 2.21. The lowest BCUT2D eigenvalue weighted by Crippen LogP contribution is -2.02. The fourth-order valence-corrected chi connectivity index (χ4v) is 1.40. The van der Waals surface area contributed by atoms with Crippen LogP contribution in [0.1, 0.15) is 10.4 Å². The Hall–Kier alpha value is -2.04. The molecule has 2 aromatic rings. The fourth-order valence-electron chi connectivity index (χ4n) is 1.40. The summed E-state index contributed by atoms with van der Waals surface area (Å²) >= 11 is 0. The van der Waals surface area contributed by atoms with E-state index in [1.165, 1.54) is 6.07 Å². The summed E-state index contributed by atoms with van der Waals surface area (Å²) in [5.41, 5.74) is 6.79. The van der Waals surface area contributed by atoms with Gasteiger partial charge in [-0.2, -0.15) is 5.10 Å². The maximum Gasteiger partial charge on any atom is 0.337 e. The first-order chi connectivity index (χ1) is 6.59. The van der Waals surface area contributed by atoms with Crippen LogP contribution in [0.25, 0.3) is 10.9 Å². The third kappa shape index (κ3) is 1.10. The summed E-state index contributed by atoms with van der Waals surface area (Å²) in [6.45, 7) is 0. The summed E-state index contributed by atoms with van der Waals surface area (Å²) in [5.74, 6) is -1.02. The lowest BCUT2D eigenvalue weighted by Gasteiger charge is -2.01. The number of aromatic carboxylic acids is 1. The smallest absolute Gasteiger partial charge is 0.337 e. The second-order valence-corrected chi connectivity index (χ2v) is 3.07. The zero-order valence-electron chi connectivity index (χ0n) is 7.56. The normalized spacial score (nSPS) is 10.6. The van der Waals surface area contributed by atoms with Crippen molar-refractivity contribution in [3.8, 4) is 0 Å². The molecule has 0 unspecified atom stereocenters. The molecular weight excluding hydrogens is 182 g/mol. The van der Waals surface area contributed by atoms with Gasteiger partial charge < -0.3 is 10.8 Å². The summed E-state index contributed by atoms with van der Waals surface area (Å²) in [7, 11) is 1.78. The van der Waals surface area contributed by atoms with E-state index >= 15 is 0 Å². The molecule has 14 heavy (non-hydrogen) atoms. The molecule has 0 saturated carbocycles. The number of aromatic nitrogens is 2. The van der Waals surface area contributed by atoms with Gasteiger partial charge in [0.05, 0.1) is 17.3 Å². The van der Waals surface area contributed by atoms with E-state index in [-0.39, 0.29) is 11.3 Å². The molecule has 0 radical (unpaired) electrons. The van der Waals surface area contributed by atoms with Crippen molar-refractivity contribution in [2.75, 3.05) is 5.73 Å². The molecule has 5 nitrogen and oxygen atoms in total. The summed E-state index contributed by atoms with van der Waals surface area (Å²) in [5, 5.41) is 13.6. The third-order valence-corrected chi connectivity index (χ3v) is 2.15. The number of anilines is 1. The van der Waals surface area contributed by atoms with E-state index < -0.39 is 5.97 Å². The van der Waals surface area contributed by atoms with E-state index in [1.807, 2.05) is 0 Å². The number of aryl methyl sites for hydroxylation is 1. The largest absolute Gasteiger partial charge is 0.478 e. The van der Waals surface area contributed by atoms with Crippen LogP contribution < -0.4 is 5.73 Å². The van der Waals surface area contributed by atoms with Crippen molar-refractivity contribution < 1.29 is 9.90 Å². The minimum Gasteiger partial charge on any atom is -0.478 e. The summed E-state index contributed by atoms with van der Waals surface area (Å²) in [4.78, 5) is 10.8. The van der Waals surface area contributed by atoms with Crippen molar-refractivity contribution in [2.24, 2.45) is 7.05 Å². The number of hydrogen-bond donors (Lipinski definition) is 2. The minimum absolute atomic E-state index is 0.116. The molecule has 0 bridgehead atoms. The Kier molecular flexibility index (Phi) is 1.67. The molecule has 0 atom stereocenters. The Morgan fingerprint density at radius 1 is 1.57 bits per heavy atom. The molecule has 3 N–H and O–H groups in total. The van der Waals surface area contributed by atoms with Crippen LogP contribution in [0.2, 0.25) is 0 Å². The molecule has 0 amide bonds. The number of carbonyl (C=O) groups is 1. The number of hydrogen-bond acceptors (Lipinski definition) is 3. The van der Waals surface area contributed by atoms with Gasteiger partial charge in [-0.05, 0) is 12.1 Å². The van der Waals surface area contributed by atoms with Crippen LogP contribution in [0.4, 0.5) is 5.69 Å². The number of nitrogens with two attached hydrogens (primary N) is 1. The highest BCUT2D eigenvalue weighted by atomic mass is 16.4. The van der Waals surface area contributed by atoms with Crippen molar-refractivity contribution in [2.45, 2.75) is 0 Å². The standard InChI is InChI=1S/C9H9N3O2/c1-12-8-3-7(10)6(9(13)14)2-5(8)4-11-12/h2-4H,10H2,1H3,(H,13,14). The van der Waals surface area contributed by atoms with Crippen LogP contribution in [0.5, 0.6) is 0 Å². The van der Waals surface area contributed by atoms with E-state index in [4.69, 9.17) is 10.8 Å². The van der Waals surface area contributed by atoms with Crippen molar-refractivity contribution in [1.82, 2.24) is 9.78 Å². The lowest BCUT2D eigenvalue weighted by atomic mass is 10.1. The van der Waals surface area contributed by atoms with Gasteiger partial charge in [0.15, 0.2) is 0 Å². The van der Waals surface area contributed by atoms with Gasteiger partial charge in [-0.15, -0.1) is 0 Å². The number of carboxylic acids is 1. The average Bonchev–Trinajstić information content (AvgIpc) is 2.46. The van der Waals surface area contributed by atoms with Gasteiger partial charge in [0.1, 0.15) is 0 Å². The number of fused-ring (bicyclic) bond motifs is 1. The molecule has 0 aliphatic rings. The summed E-state index contributed by atoms with van der Waals surface area (Å²) in [6.07, 6.45) is 1.61. The highest BCUT2D eigenvalue weighted by Gasteiger charge is 2.10. The Morgan fingerprint density at radius 3 is 2.93 bits per heavy atom. The first-order valence-corrected chi connectivity index (χ1v) is 4.04. The zero-order valence-corrected chi connectivity index (χ0v) is 7.56. The SMILES string of the molecule is Cn1ncc2cc(C(=O)O)c(N)cc21. The van der Waals surface area contributed by atoms with Gasteiger partial charge >= 0.3 is 5.97 Å². The number of rotatable bonds is 1. The van der Waals surface area contributed by atoms with Gasteiger partial charge in [-0.25, -0.2) is 4.79 Å². The lowest BCUT2D eigenvalue weighted by molar-refractivity contribution is 0.0698. The third-order valence-electron chi connectivity index (χ3n) is 2.15. The van der Waals surface area contributed by atoms with E-state index in [9.17, 15) is 4.79 Å². The Labute approximate surface area is 79.7 Å². The van der Waals surface area contributed by atoms with Crippen LogP contribution >= 0.6 is 0 Å². The van der Waals surface area contributed by atoms with Gasteiger partial charge in [-0.3, -0.25) is 4.68 Å². The molecule has 2 rings (SSSR count). The van der Waals surface area contributed by atoms with E-state index in [0.717, 1.165) is 10.9 Å². The summed E-state index contributed by atoms with van der Waals surface area (Å²) in [6, 6.07) is 3.14. The molecule has 0 aliphatic carbocycles. The molecular formula is C9H9N3O2. The van der Waals surface area contributed by atoms with Crippen molar-refractivity contribution in [3.05, 3.63) is 23.9 Å². The van der Waals surface area contributed by atoms with E-state index in [2.05, 4.69) is 5.10 Å². The fraction of sp³-hybridized carbons (Fsp3) is 0.111. The number of carboxylic acid groups (broad SMARTS) is 1. The Morgan fingerprint density at radius 2 is 2.29 bits per heavy atom. The van der Waals surface area contributed by atoms with Crippen LogP contribution in [0.3, 0.4) is 0 Å². The molecule has 1 heterocycles.